The molecule has 0 aliphatic carbocycles. The zero-order chi connectivity index (χ0) is 20.0. The lowest BCUT2D eigenvalue weighted by molar-refractivity contribution is -0.118. The van der Waals surface area contributed by atoms with E-state index in [1.165, 1.54) is 11.6 Å². The summed E-state index contributed by atoms with van der Waals surface area (Å²) < 4.78 is 9.37. The number of aryl methyl sites for hydroxylation is 2. The minimum atomic E-state index is -0.757. The number of carbonyl (C=O) groups excluding carboxylic acids is 1. The van der Waals surface area contributed by atoms with Crippen molar-refractivity contribution in [1.82, 2.24) is 18.7 Å². The highest BCUT2D eigenvalue weighted by Gasteiger charge is 2.28. The molecule has 1 amide bonds. The van der Waals surface area contributed by atoms with E-state index in [9.17, 15) is 14.4 Å². The third-order valence-electron chi connectivity index (χ3n) is 4.91. The number of ether oxygens (including phenoxy) is 1. The molecule has 0 bridgehead atoms. The lowest BCUT2D eigenvalue weighted by Gasteiger charge is -2.30. The molecule has 0 fully saturated rings. The van der Waals surface area contributed by atoms with Crippen LogP contribution < -0.4 is 26.6 Å². The summed E-state index contributed by atoms with van der Waals surface area (Å²) in [5, 5.41) is 0. The quantitative estimate of drug-likeness (QED) is 0.673. The van der Waals surface area contributed by atoms with Gasteiger partial charge in [0.15, 0.2) is 11.2 Å². The number of aromatic nitrogens is 4. The fourth-order valence-corrected chi connectivity index (χ4v) is 3.64. The van der Waals surface area contributed by atoms with Gasteiger partial charge in [-0.1, -0.05) is 12.1 Å². The van der Waals surface area contributed by atoms with Gasteiger partial charge in [-0.3, -0.25) is 14.2 Å². The van der Waals surface area contributed by atoms with E-state index in [-0.39, 0.29) is 11.2 Å². The van der Waals surface area contributed by atoms with Crippen LogP contribution in [0.1, 0.15) is 6.42 Å². The van der Waals surface area contributed by atoms with E-state index >= 15 is 0 Å². The van der Waals surface area contributed by atoms with Gasteiger partial charge in [0.05, 0.1) is 12.8 Å². The van der Waals surface area contributed by atoms with Gasteiger partial charge < -0.3 is 19.9 Å². The van der Waals surface area contributed by atoms with Crippen LogP contribution in [0.15, 0.2) is 33.9 Å². The van der Waals surface area contributed by atoms with Crippen LogP contribution in [0.5, 0.6) is 5.75 Å². The summed E-state index contributed by atoms with van der Waals surface area (Å²) in [4.78, 5) is 43.4. The maximum atomic E-state index is 13.0. The van der Waals surface area contributed by atoms with Crippen LogP contribution in [0.3, 0.4) is 0 Å². The van der Waals surface area contributed by atoms with E-state index in [4.69, 9.17) is 10.5 Å². The highest BCUT2D eigenvalue weighted by Crippen LogP contribution is 2.36. The van der Waals surface area contributed by atoms with E-state index in [1.807, 2.05) is 29.2 Å². The predicted octanol–water partition coefficient (Wildman–Crippen LogP) is -0.0676. The molecule has 10 heteroatoms. The Labute approximate surface area is 159 Å². The van der Waals surface area contributed by atoms with E-state index in [2.05, 4.69) is 4.98 Å². The van der Waals surface area contributed by atoms with Crippen molar-refractivity contribution in [2.75, 3.05) is 18.6 Å². The molecule has 0 unspecified atom stereocenters. The summed E-state index contributed by atoms with van der Waals surface area (Å²) in [6, 6.07) is 7.54. The molecule has 1 aliphatic rings. The zero-order valence-corrected chi connectivity index (χ0v) is 15.6. The maximum Gasteiger partial charge on any atom is 0.332 e. The third kappa shape index (κ3) is 2.56. The third-order valence-corrected chi connectivity index (χ3v) is 4.91. The number of anilines is 2. The number of hydrogen-bond donors (Lipinski definition) is 1. The number of primary amides is 1. The molecule has 28 heavy (non-hydrogen) atoms. The first-order chi connectivity index (χ1) is 13.4. The normalized spacial score (nSPS) is 13.6. The van der Waals surface area contributed by atoms with E-state index in [0.717, 1.165) is 16.7 Å². The number of nitrogens with two attached hydrogens (primary N) is 1. The van der Waals surface area contributed by atoms with Gasteiger partial charge in [-0.05, 0) is 18.6 Å². The summed E-state index contributed by atoms with van der Waals surface area (Å²) in [5.41, 5.74) is 5.38. The van der Waals surface area contributed by atoms with Crippen molar-refractivity contribution < 1.29 is 9.53 Å². The molecule has 1 aromatic carbocycles. The first-order valence-electron chi connectivity index (χ1n) is 8.83. The van der Waals surface area contributed by atoms with Crippen molar-refractivity contribution in [3.63, 3.8) is 0 Å². The van der Waals surface area contributed by atoms with Crippen LogP contribution in [0, 0.1) is 0 Å². The molecular formula is C18H20N6O4. The molecule has 0 atom stereocenters. The van der Waals surface area contributed by atoms with Crippen LogP contribution in [-0.4, -0.2) is 38.2 Å². The number of fused-ring (bicyclic) bond motifs is 3. The van der Waals surface area contributed by atoms with Crippen LogP contribution in [0.4, 0.5) is 11.6 Å². The molecule has 0 spiro atoms. The smallest absolute Gasteiger partial charge is 0.332 e. The monoisotopic (exact) mass is 384 g/mol. The van der Waals surface area contributed by atoms with E-state index in [1.54, 1.807) is 11.7 Å². The number of amides is 1. The Kier molecular flexibility index (Phi) is 4.17. The predicted molar refractivity (Wildman–Crippen MR) is 103 cm³/mol. The first kappa shape index (κ1) is 17.8. The van der Waals surface area contributed by atoms with Gasteiger partial charge >= 0.3 is 5.69 Å². The molecule has 2 N–H and O–H groups in total. The van der Waals surface area contributed by atoms with Crippen molar-refractivity contribution in [2.45, 2.75) is 19.5 Å². The Balaban J connectivity index is 2.00. The molecule has 2 aromatic heterocycles. The average Bonchev–Trinajstić information content (AvgIpc) is 3.09. The number of imidazole rings is 1. The summed E-state index contributed by atoms with van der Waals surface area (Å²) >= 11 is 0. The highest BCUT2D eigenvalue weighted by molar-refractivity contribution is 5.79. The maximum absolute atomic E-state index is 13.0. The lowest BCUT2D eigenvalue weighted by atomic mass is 10.2. The molecule has 0 saturated carbocycles. The highest BCUT2D eigenvalue weighted by atomic mass is 16.5. The largest absolute Gasteiger partial charge is 0.495 e. The zero-order valence-electron chi connectivity index (χ0n) is 15.6. The number of para-hydroxylation sites is 2. The van der Waals surface area contributed by atoms with Gasteiger partial charge in [-0.25, -0.2) is 9.36 Å². The molecular weight excluding hydrogens is 364 g/mol. The number of nitrogens with zero attached hydrogens (tertiary/aromatic N) is 5. The lowest BCUT2D eigenvalue weighted by Crippen LogP contribution is -2.42. The topological polar surface area (TPSA) is 117 Å². The second kappa shape index (κ2) is 6.55. The van der Waals surface area contributed by atoms with Crippen LogP contribution in [0.2, 0.25) is 0 Å². The number of hydrogen-bond acceptors (Lipinski definition) is 6. The molecule has 10 nitrogen and oxygen atoms in total. The summed E-state index contributed by atoms with van der Waals surface area (Å²) in [6.07, 6.45) is 0.772. The van der Waals surface area contributed by atoms with Crippen LogP contribution >= 0.6 is 0 Å². The van der Waals surface area contributed by atoms with Crippen molar-refractivity contribution in [3.8, 4) is 5.75 Å². The summed E-state index contributed by atoms with van der Waals surface area (Å²) in [5.74, 6) is 0.477. The number of carbonyl (C=O) groups is 1. The molecule has 146 valence electrons. The Morgan fingerprint density at radius 2 is 2.00 bits per heavy atom. The van der Waals surface area contributed by atoms with E-state index < -0.39 is 23.7 Å². The van der Waals surface area contributed by atoms with Gasteiger partial charge in [0.2, 0.25) is 11.9 Å². The minimum Gasteiger partial charge on any atom is -0.495 e. The number of benzene rings is 1. The summed E-state index contributed by atoms with van der Waals surface area (Å²) in [7, 11) is 3.12. The van der Waals surface area contributed by atoms with Gasteiger partial charge in [0, 0.05) is 20.1 Å². The second-order valence-electron chi connectivity index (χ2n) is 6.61. The Morgan fingerprint density at radius 3 is 2.71 bits per heavy atom. The fourth-order valence-electron chi connectivity index (χ4n) is 3.64. The van der Waals surface area contributed by atoms with Crippen molar-refractivity contribution >= 4 is 28.7 Å². The van der Waals surface area contributed by atoms with Crippen molar-refractivity contribution in [3.05, 3.63) is 45.1 Å². The molecule has 3 heterocycles. The van der Waals surface area contributed by atoms with Gasteiger partial charge in [0.25, 0.3) is 5.56 Å². The van der Waals surface area contributed by atoms with Crippen LogP contribution in [0.25, 0.3) is 11.2 Å². The number of rotatable bonds is 4. The Morgan fingerprint density at radius 1 is 1.25 bits per heavy atom. The van der Waals surface area contributed by atoms with Gasteiger partial charge in [-0.2, -0.15) is 4.98 Å². The minimum absolute atomic E-state index is 0.271. The van der Waals surface area contributed by atoms with Gasteiger partial charge in [0.1, 0.15) is 12.3 Å². The van der Waals surface area contributed by atoms with Gasteiger partial charge in [-0.15, -0.1) is 0 Å². The van der Waals surface area contributed by atoms with Crippen LogP contribution in [-0.2, 0) is 24.9 Å². The molecule has 3 aromatic rings. The second-order valence-corrected chi connectivity index (χ2v) is 6.61. The Hall–Kier alpha value is -3.56. The molecule has 0 saturated heterocycles. The number of methoxy groups -OCH3 is 1. The molecule has 4 rings (SSSR count). The molecule has 0 radical (unpaired) electrons. The molecule has 1 aliphatic heterocycles. The average molecular weight is 384 g/mol. The van der Waals surface area contributed by atoms with E-state index in [0.29, 0.717) is 24.8 Å². The van der Waals surface area contributed by atoms with Crippen molar-refractivity contribution in [1.29, 1.82) is 0 Å². The fraction of sp³-hybridized carbons (Fsp3) is 0.333. The summed E-state index contributed by atoms with van der Waals surface area (Å²) in [6.45, 7) is 0.785. The SMILES string of the molecule is COc1ccccc1N1CCCn2c1nc1c2c(=O)n(CC(N)=O)c(=O)n1C. The first-order valence-corrected chi connectivity index (χ1v) is 8.83. The standard InChI is InChI=1S/C18H20N6O4/c1-21-15-14(16(26)24(18(21)27)10-13(19)25)23-9-5-8-22(17(23)20-15)11-6-3-4-7-12(11)28-2/h3-4,6-7H,5,8-10H2,1-2H3,(H2,19,25). The van der Waals surface area contributed by atoms with Crippen molar-refractivity contribution in [2.24, 2.45) is 12.8 Å². The Bertz CT molecular complexity index is 1210.